The van der Waals surface area contributed by atoms with Gasteiger partial charge in [-0.05, 0) is 19.9 Å². The first-order valence-electron chi connectivity index (χ1n) is 9.61. The highest BCUT2D eigenvalue weighted by atomic mass is 16.5. The van der Waals surface area contributed by atoms with Crippen LogP contribution in [0, 0.1) is 0 Å². The summed E-state index contributed by atoms with van der Waals surface area (Å²) in [5, 5.41) is 0. The molecule has 4 nitrogen and oxygen atoms in total. The number of amides is 1. The lowest BCUT2D eigenvalue weighted by molar-refractivity contribution is -0.116. The Balaban J connectivity index is -0.000000120. The van der Waals surface area contributed by atoms with Crippen LogP contribution in [0.3, 0.4) is 0 Å². The third-order valence-corrected chi connectivity index (χ3v) is 2.61. The van der Waals surface area contributed by atoms with Gasteiger partial charge in [0.15, 0.2) is 0 Å². The second-order valence-electron chi connectivity index (χ2n) is 4.69. The predicted molar refractivity (Wildman–Crippen MR) is 105 cm³/mol. The van der Waals surface area contributed by atoms with Crippen molar-refractivity contribution in [3.05, 3.63) is 0 Å². The zero-order valence-corrected chi connectivity index (χ0v) is 17.7. The molecule has 0 radical (unpaired) electrons. The van der Waals surface area contributed by atoms with Gasteiger partial charge in [0.1, 0.15) is 0 Å². The molecule has 1 amide bonds. The number of unbranched alkanes of at least 4 members (excludes halogenated alkanes) is 1. The van der Waals surface area contributed by atoms with Crippen molar-refractivity contribution in [2.45, 2.75) is 74.7 Å². The molecule has 0 aliphatic carbocycles. The quantitative estimate of drug-likeness (QED) is 0.684. The Hall–Kier alpha value is -0.610. The summed E-state index contributed by atoms with van der Waals surface area (Å²) >= 11 is 0. The summed E-state index contributed by atoms with van der Waals surface area (Å²) in [7, 11) is 1.74. The first kappa shape index (κ1) is 30.3. The van der Waals surface area contributed by atoms with E-state index in [4.69, 9.17) is 4.74 Å². The highest BCUT2D eigenvalue weighted by molar-refractivity contribution is 5.45. The van der Waals surface area contributed by atoms with Crippen LogP contribution in [-0.4, -0.2) is 62.7 Å². The number of carbonyl (C=O) groups is 1. The summed E-state index contributed by atoms with van der Waals surface area (Å²) in [6.45, 7) is 22.6. The fraction of sp³-hybridized carbons (Fsp3) is 0.947. The average molecular weight is 335 g/mol. The van der Waals surface area contributed by atoms with E-state index in [0.29, 0.717) is 0 Å². The van der Waals surface area contributed by atoms with Crippen LogP contribution in [0.2, 0.25) is 0 Å². The van der Waals surface area contributed by atoms with Crippen molar-refractivity contribution in [2.24, 2.45) is 0 Å². The van der Waals surface area contributed by atoms with Crippen LogP contribution in [0.4, 0.5) is 0 Å². The number of hydrogen-bond donors (Lipinski definition) is 0. The largest absolute Gasteiger partial charge is 0.379 e. The number of hydrogen-bond acceptors (Lipinski definition) is 3. The van der Waals surface area contributed by atoms with Gasteiger partial charge in [-0.1, -0.05) is 61.3 Å². The molecule has 0 aromatic rings. The van der Waals surface area contributed by atoms with E-state index in [0.717, 1.165) is 39.3 Å². The van der Waals surface area contributed by atoms with Crippen LogP contribution in [0.1, 0.15) is 74.7 Å². The number of nitrogens with zero attached hydrogens (tertiary/aromatic N) is 2. The lowest BCUT2D eigenvalue weighted by Gasteiger charge is -2.26. The zero-order chi connectivity index (χ0) is 18.9. The smallest absolute Gasteiger partial charge is 0.209 e. The van der Waals surface area contributed by atoms with E-state index in [1.54, 1.807) is 11.9 Å². The molecule has 4 heteroatoms. The summed E-state index contributed by atoms with van der Waals surface area (Å²) in [6.07, 6.45) is 4.69. The first-order valence-corrected chi connectivity index (χ1v) is 9.61. The average Bonchev–Trinajstić information content (AvgIpc) is 2.64. The third kappa shape index (κ3) is 34.0. The molecular weight excluding hydrogens is 288 g/mol. The van der Waals surface area contributed by atoms with Crippen LogP contribution in [0.15, 0.2) is 0 Å². The maximum atomic E-state index is 9.66. The van der Waals surface area contributed by atoms with E-state index in [2.05, 4.69) is 25.7 Å². The molecule has 0 spiro atoms. The van der Waals surface area contributed by atoms with Gasteiger partial charge in [-0.25, -0.2) is 0 Å². The van der Waals surface area contributed by atoms with Gasteiger partial charge >= 0.3 is 0 Å². The topological polar surface area (TPSA) is 32.8 Å². The van der Waals surface area contributed by atoms with Crippen molar-refractivity contribution in [1.29, 1.82) is 0 Å². The molecule has 144 valence electrons. The number of ether oxygens (including phenoxy) is 1. The lowest BCUT2D eigenvalue weighted by atomic mass is 10.3. The van der Waals surface area contributed by atoms with Gasteiger partial charge < -0.3 is 9.64 Å². The van der Waals surface area contributed by atoms with Crippen molar-refractivity contribution in [1.82, 2.24) is 9.80 Å². The Labute approximate surface area is 147 Å². The summed E-state index contributed by atoms with van der Waals surface area (Å²) in [5.74, 6) is 0. The second kappa shape index (κ2) is 33.1. The molecule has 1 heterocycles. The van der Waals surface area contributed by atoms with Gasteiger partial charge in [-0.15, -0.1) is 0 Å². The molecule has 0 N–H and O–H groups in total. The van der Waals surface area contributed by atoms with E-state index in [1.807, 2.05) is 34.6 Å². The minimum Gasteiger partial charge on any atom is -0.379 e. The molecule has 1 fully saturated rings. The van der Waals surface area contributed by atoms with Gasteiger partial charge in [0.05, 0.1) is 13.2 Å². The first-order chi connectivity index (χ1) is 11.2. The number of carbonyl (C=O) groups excluding carboxylic acids is 1. The fourth-order valence-corrected chi connectivity index (χ4v) is 1.28. The molecule has 0 unspecified atom stereocenters. The van der Waals surface area contributed by atoms with Crippen molar-refractivity contribution < 1.29 is 9.53 Å². The molecule has 23 heavy (non-hydrogen) atoms. The Bertz CT molecular complexity index is 173. The Morgan fingerprint density at radius 2 is 1.43 bits per heavy atom. The highest BCUT2D eigenvalue weighted by Gasteiger charge is 2.07. The van der Waals surface area contributed by atoms with Crippen LogP contribution in [-0.2, 0) is 9.53 Å². The third-order valence-electron chi connectivity index (χ3n) is 2.61. The molecule has 1 rings (SSSR count). The fourth-order valence-electron chi connectivity index (χ4n) is 1.28. The Kier molecular flexibility index (Phi) is 43.6. The summed E-state index contributed by atoms with van der Waals surface area (Å²) < 4.78 is 5.24. The normalized spacial score (nSPS) is 12.6. The molecular formula is C19H46N2O2. The molecule has 0 saturated carbocycles. The summed E-state index contributed by atoms with van der Waals surface area (Å²) in [5.41, 5.74) is 0. The monoisotopic (exact) mass is 334 g/mol. The van der Waals surface area contributed by atoms with Crippen molar-refractivity contribution in [2.75, 3.05) is 46.4 Å². The van der Waals surface area contributed by atoms with E-state index >= 15 is 0 Å². The Morgan fingerprint density at radius 3 is 1.70 bits per heavy atom. The van der Waals surface area contributed by atoms with Gasteiger partial charge in [0.2, 0.25) is 6.41 Å². The lowest BCUT2D eigenvalue weighted by Crippen LogP contribution is -2.36. The molecule has 1 saturated heterocycles. The van der Waals surface area contributed by atoms with Crippen molar-refractivity contribution in [3.8, 4) is 0 Å². The van der Waals surface area contributed by atoms with Crippen LogP contribution in [0.25, 0.3) is 0 Å². The predicted octanol–water partition coefficient (Wildman–Crippen LogP) is 4.68. The minimum absolute atomic E-state index is 0.795. The van der Waals surface area contributed by atoms with E-state index in [1.165, 1.54) is 25.8 Å². The van der Waals surface area contributed by atoms with Crippen LogP contribution in [0.5, 0.6) is 0 Å². The molecule has 1 aliphatic heterocycles. The van der Waals surface area contributed by atoms with Crippen LogP contribution < -0.4 is 0 Å². The van der Waals surface area contributed by atoms with E-state index in [9.17, 15) is 4.79 Å². The van der Waals surface area contributed by atoms with E-state index in [-0.39, 0.29) is 0 Å². The SMILES string of the molecule is CC.CC.CCC.CCCCN1CCOCC1.CCN(C)C=O. The highest BCUT2D eigenvalue weighted by Crippen LogP contribution is 1.98. The van der Waals surface area contributed by atoms with Gasteiger partial charge in [-0.3, -0.25) is 9.69 Å². The summed E-state index contributed by atoms with van der Waals surface area (Å²) in [6, 6.07) is 0. The molecule has 0 aromatic heterocycles. The van der Waals surface area contributed by atoms with Gasteiger partial charge in [0.25, 0.3) is 0 Å². The summed E-state index contributed by atoms with van der Waals surface area (Å²) in [4.78, 5) is 13.7. The second-order valence-corrected chi connectivity index (χ2v) is 4.69. The maximum absolute atomic E-state index is 9.66. The van der Waals surface area contributed by atoms with Crippen molar-refractivity contribution in [3.63, 3.8) is 0 Å². The standard InChI is InChI=1S/C8H17NO.C4H9NO.C3H8.2C2H6/c1-2-3-4-9-5-7-10-8-6-9;1-3-5(2)4-6;1-3-2;2*1-2/h2-8H2,1H3;4H,3H2,1-2H3;3H2,1-2H3;2*1-2H3. The molecule has 0 bridgehead atoms. The van der Waals surface area contributed by atoms with Crippen molar-refractivity contribution >= 4 is 6.41 Å². The molecule has 0 atom stereocenters. The zero-order valence-electron chi connectivity index (χ0n) is 17.7. The Morgan fingerprint density at radius 1 is 1.00 bits per heavy atom. The maximum Gasteiger partial charge on any atom is 0.209 e. The van der Waals surface area contributed by atoms with Crippen LogP contribution >= 0.6 is 0 Å². The number of morpholine rings is 1. The van der Waals surface area contributed by atoms with E-state index < -0.39 is 0 Å². The molecule has 1 aliphatic rings. The minimum atomic E-state index is 0.795. The van der Waals surface area contributed by atoms with Gasteiger partial charge in [-0.2, -0.15) is 0 Å². The molecule has 0 aromatic carbocycles. The number of rotatable bonds is 5. The van der Waals surface area contributed by atoms with Gasteiger partial charge in [0, 0.05) is 26.7 Å².